The van der Waals surface area contributed by atoms with Gasteiger partial charge in [0.2, 0.25) is 5.91 Å². The molecule has 0 unspecified atom stereocenters. The molecule has 0 saturated carbocycles. The highest BCUT2D eigenvalue weighted by molar-refractivity contribution is 5.95. The average molecular weight is 235 g/mol. The Labute approximate surface area is 97.5 Å². The Hall–Kier alpha value is -2.02. The van der Waals surface area contributed by atoms with Crippen molar-refractivity contribution in [2.24, 2.45) is 0 Å². The highest BCUT2D eigenvalue weighted by Gasteiger charge is 2.11. The fraction of sp³-hybridized carbons (Fsp3) is 0.400. The number of rotatable bonds is 3. The summed E-state index contributed by atoms with van der Waals surface area (Å²) in [5.74, 6) is 0.168. The van der Waals surface area contributed by atoms with E-state index in [-0.39, 0.29) is 5.91 Å². The van der Waals surface area contributed by atoms with Crippen molar-refractivity contribution in [2.75, 3.05) is 5.32 Å². The standard InChI is InChI=1S/C10H13N5O2/c1-6(16)3-15-5-13-8-9(14-7(2)17)11-4-12-10(8)15/h4-6,16H,3H2,1-2H3,(H,11,12,14,17)/t6-/m1/s1. The molecule has 7 nitrogen and oxygen atoms in total. The molecule has 7 heteroatoms. The van der Waals surface area contributed by atoms with Crippen molar-refractivity contribution >= 4 is 22.9 Å². The van der Waals surface area contributed by atoms with Gasteiger partial charge in [-0.25, -0.2) is 15.0 Å². The summed E-state index contributed by atoms with van der Waals surface area (Å²) < 4.78 is 1.72. The number of aromatic nitrogens is 4. The van der Waals surface area contributed by atoms with Gasteiger partial charge in [-0.15, -0.1) is 0 Å². The molecule has 90 valence electrons. The summed E-state index contributed by atoms with van der Waals surface area (Å²) in [5.41, 5.74) is 1.10. The smallest absolute Gasteiger partial charge is 0.222 e. The van der Waals surface area contributed by atoms with Crippen LogP contribution >= 0.6 is 0 Å². The summed E-state index contributed by atoms with van der Waals surface area (Å²) in [4.78, 5) is 23.2. The number of hydrogen-bond acceptors (Lipinski definition) is 5. The largest absolute Gasteiger partial charge is 0.392 e. The van der Waals surface area contributed by atoms with Crippen LogP contribution in [0.3, 0.4) is 0 Å². The molecule has 2 heterocycles. The van der Waals surface area contributed by atoms with Gasteiger partial charge in [-0.1, -0.05) is 0 Å². The molecule has 0 aliphatic heterocycles. The van der Waals surface area contributed by atoms with Gasteiger partial charge in [-0.3, -0.25) is 4.79 Å². The monoisotopic (exact) mass is 235 g/mol. The van der Waals surface area contributed by atoms with Crippen LogP contribution in [-0.2, 0) is 11.3 Å². The van der Waals surface area contributed by atoms with E-state index in [4.69, 9.17) is 0 Å². The number of fused-ring (bicyclic) bond motifs is 1. The number of nitrogens with zero attached hydrogens (tertiary/aromatic N) is 4. The van der Waals surface area contributed by atoms with E-state index in [0.717, 1.165) is 0 Å². The minimum Gasteiger partial charge on any atom is -0.392 e. The van der Waals surface area contributed by atoms with Crippen molar-refractivity contribution in [2.45, 2.75) is 26.5 Å². The van der Waals surface area contributed by atoms with Crippen LogP contribution in [0.2, 0.25) is 0 Å². The molecular formula is C10H13N5O2. The minimum absolute atomic E-state index is 0.213. The number of aliphatic hydroxyl groups is 1. The first kappa shape index (κ1) is 11.5. The first-order valence-electron chi connectivity index (χ1n) is 5.19. The fourth-order valence-electron chi connectivity index (χ4n) is 1.56. The molecule has 0 radical (unpaired) electrons. The van der Waals surface area contributed by atoms with Crippen molar-refractivity contribution in [3.8, 4) is 0 Å². The lowest BCUT2D eigenvalue weighted by Gasteiger charge is -2.06. The average Bonchev–Trinajstić information content (AvgIpc) is 2.61. The van der Waals surface area contributed by atoms with E-state index in [1.165, 1.54) is 13.3 Å². The van der Waals surface area contributed by atoms with E-state index < -0.39 is 6.10 Å². The molecule has 0 spiro atoms. The normalized spacial score (nSPS) is 12.6. The second kappa shape index (κ2) is 4.46. The third-order valence-corrected chi connectivity index (χ3v) is 2.16. The van der Waals surface area contributed by atoms with Crippen molar-refractivity contribution in [3.63, 3.8) is 0 Å². The van der Waals surface area contributed by atoms with E-state index in [2.05, 4.69) is 20.3 Å². The molecule has 0 saturated heterocycles. The van der Waals surface area contributed by atoms with Crippen molar-refractivity contribution in [1.29, 1.82) is 0 Å². The second-order valence-corrected chi connectivity index (χ2v) is 3.82. The van der Waals surface area contributed by atoms with Crippen LogP contribution in [-0.4, -0.2) is 36.6 Å². The maximum Gasteiger partial charge on any atom is 0.222 e. The Bertz CT molecular complexity index is 549. The SMILES string of the molecule is CC(=O)Nc1ncnc2c1ncn2C[C@@H](C)O. The van der Waals surface area contributed by atoms with Crippen molar-refractivity contribution in [1.82, 2.24) is 19.5 Å². The number of aliphatic hydroxyl groups excluding tert-OH is 1. The van der Waals surface area contributed by atoms with Crippen molar-refractivity contribution < 1.29 is 9.90 Å². The van der Waals surface area contributed by atoms with Gasteiger partial charge in [0, 0.05) is 6.92 Å². The van der Waals surface area contributed by atoms with Gasteiger partial charge in [0.1, 0.15) is 6.33 Å². The predicted octanol–water partition coefficient (Wildman–Crippen LogP) is 0.165. The summed E-state index contributed by atoms with van der Waals surface area (Å²) >= 11 is 0. The third kappa shape index (κ3) is 2.39. The zero-order valence-corrected chi connectivity index (χ0v) is 9.58. The molecule has 0 aromatic carbocycles. The number of carbonyl (C=O) groups excluding carboxylic acids is 1. The molecule has 1 atom stereocenters. The fourth-order valence-corrected chi connectivity index (χ4v) is 1.56. The number of amides is 1. The Morgan fingerprint density at radius 3 is 2.94 bits per heavy atom. The quantitative estimate of drug-likeness (QED) is 0.790. The van der Waals surface area contributed by atoms with Gasteiger partial charge in [0.05, 0.1) is 19.0 Å². The molecule has 0 bridgehead atoms. The summed E-state index contributed by atoms with van der Waals surface area (Å²) in [6.07, 6.45) is 2.43. The molecule has 1 amide bonds. The first-order chi connectivity index (χ1) is 8.08. The van der Waals surface area contributed by atoms with E-state index in [0.29, 0.717) is 23.5 Å². The molecule has 0 aliphatic carbocycles. The molecule has 2 aromatic heterocycles. The van der Waals surface area contributed by atoms with E-state index in [1.54, 1.807) is 17.8 Å². The summed E-state index contributed by atoms with van der Waals surface area (Å²) in [7, 11) is 0. The van der Waals surface area contributed by atoms with Crippen LogP contribution in [0, 0.1) is 0 Å². The van der Waals surface area contributed by atoms with Gasteiger partial charge in [0.25, 0.3) is 0 Å². The van der Waals surface area contributed by atoms with Gasteiger partial charge in [-0.2, -0.15) is 0 Å². The van der Waals surface area contributed by atoms with Crippen molar-refractivity contribution in [3.05, 3.63) is 12.7 Å². The molecular weight excluding hydrogens is 222 g/mol. The number of imidazole rings is 1. The third-order valence-electron chi connectivity index (χ3n) is 2.16. The lowest BCUT2D eigenvalue weighted by atomic mass is 10.4. The predicted molar refractivity (Wildman–Crippen MR) is 61.3 cm³/mol. The summed E-state index contributed by atoms with van der Waals surface area (Å²) in [6.45, 7) is 3.48. The van der Waals surface area contributed by atoms with Gasteiger partial charge >= 0.3 is 0 Å². The molecule has 2 rings (SSSR count). The van der Waals surface area contributed by atoms with Crippen LogP contribution in [0.1, 0.15) is 13.8 Å². The van der Waals surface area contributed by atoms with Crippen LogP contribution < -0.4 is 5.32 Å². The lowest BCUT2D eigenvalue weighted by molar-refractivity contribution is -0.114. The zero-order chi connectivity index (χ0) is 12.4. The maximum absolute atomic E-state index is 11.0. The molecule has 17 heavy (non-hydrogen) atoms. The number of hydrogen-bond donors (Lipinski definition) is 2. The van der Waals surface area contributed by atoms with E-state index in [9.17, 15) is 9.90 Å². The topological polar surface area (TPSA) is 92.9 Å². The second-order valence-electron chi connectivity index (χ2n) is 3.82. The summed E-state index contributed by atoms with van der Waals surface area (Å²) in [6, 6.07) is 0. The molecule has 0 fully saturated rings. The maximum atomic E-state index is 11.0. The first-order valence-corrected chi connectivity index (χ1v) is 5.19. The number of nitrogens with one attached hydrogen (secondary N) is 1. The van der Waals surface area contributed by atoms with Gasteiger partial charge < -0.3 is 15.0 Å². The van der Waals surface area contributed by atoms with Gasteiger partial charge in [0.15, 0.2) is 17.0 Å². The summed E-state index contributed by atoms with van der Waals surface area (Å²) in [5, 5.41) is 11.9. The molecule has 2 aromatic rings. The van der Waals surface area contributed by atoms with Gasteiger partial charge in [-0.05, 0) is 6.92 Å². The number of carbonyl (C=O) groups is 1. The Morgan fingerprint density at radius 2 is 2.29 bits per heavy atom. The van der Waals surface area contributed by atoms with Crippen LogP contribution in [0.5, 0.6) is 0 Å². The highest BCUT2D eigenvalue weighted by atomic mass is 16.3. The Kier molecular flexibility index (Phi) is 3.01. The van der Waals surface area contributed by atoms with Crippen LogP contribution in [0.25, 0.3) is 11.2 Å². The minimum atomic E-state index is -0.494. The van der Waals surface area contributed by atoms with E-state index >= 15 is 0 Å². The number of anilines is 1. The lowest BCUT2D eigenvalue weighted by Crippen LogP contribution is -2.12. The Balaban J connectivity index is 2.45. The van der Waals surface area contributed by atoms with Crippen LogP contribution in [0.4, 0.5) is 5.82 Å². The zero-order valence-electron chi connectivity index (χ0n) is 9.58. The highest BCUT2D eigenvalue weighted by Crippen LogP contribution is 2.17. The van der Waals surface area contributed by atoms with E-state index in [1.807, 2.05) is 0 Å². The van der Waals surface area contributed by atoms with Crippen LogP contribution in [0.15, 0.2) is 12.7 Å². The molecule has 0 aliphatic rings. The molecule has 2 N–H and O–H groups in total. The Morgan fingerprint density at radius 1 is 1.53 bits per heavy atom.